The van der Waals surface area contributed by atoms with Crippen molar-refractivity contribution in [1.29, 1.82) is 0 Å². The molecule has 1 aliphatic rings. The zero-order valence-electron chi connectivity index (χ0n) is 12.3. The molecule has 0 radical (unpaired) electrons. The number of hydrogen-bond donors (Lipinski definition) is 2. The summed E-state index contributed by atoms with van der Waals surface area (Å²) >= 11 is 1.33. The van der Waals surface area contributed by atoms with Crippen molar-refractivity contribution in [2.24, 2.45) is 5.73 Å². The van der Waals surface area contributed by atoms with E-state index in [1.165, 1.54) is 18.4 Å². The summed E-state index contributed by atoms with van der Waals surface area (Å²) in [5, 5.41) is 5.02. The Labute approximate surface area is 143 Å². The van der Waals surface area contributed by atoms with E-state index in [2.05, 4.69) is 10.3 Å². The summed E-state index contributed by atoms with van der Waals surface area (Å²) in [4.78, 5) is 16.2. The van der Waals surface area contributed by atoms with Gasteiger partial charge in [0, 0.05) is 18.1 Å². The van der Waals surface area contributed by atoms with Crippen LogP contribution in [-0.4, -0.2) is 37.4 Å². The monoisotopic (exact) mass is 357 g/mol. The Hall–Kier alpha value is -1.87. The highest BCUT2D eigenvalue weighted by molar-refractivity contribution is 7.14. The van der Waals surface area contributed by atoms with E-state index in [1.54, 1.807) is 0 Å². The van der Waals surface area contributed by atoms with E-state index in [4.69, 9.17) is 19.9 Å². The van der Waals surface area contributed by atoms with E-state index in [0.717, 1.165) is 17.0 Å². The molecule has 0 saturated heterocycles. The van der Waals surface area contributed by atoms with Crippen LogP contribution in [0.3, 0.4) is 0 Å². The van der Waals surface area contributed by atoms with Crippen LogP contribution in [0.5, 0.6) is 11.5 Å². The van der Waals surface area contributed by atoms with Crippen molar-refractivity contribution in [3.8, 4) is 22.8 Å². The smallest absolute Gasteiger partial charge is 0.245 e. The van der Waals surface area contributed by atoms with Crippen LogP contribution in [0.2, 0.25) is 0 Å². The molecule has 0 saturated carbocycles. The average Bonchev–Trinajstić information content (AvgIpc) is 3.15. The molecular formula is C14H16ClN3O4S. The number of nitrogens with two attached hydrogens (primary N) is 1. The Kier molecular flexibility index (Phi) is 5.78. The summed E-state index contributed by atoms with van der Waals surface area (Å²) in [6, 6.07) is 4.87. The molecular weight excluding hydrogens is 342 g/mol. The van der Waals surface area contributed by atoms with Crippen LogP contribution in [0, 0.1) is 0 Å². The van der Waals surface area contributed by atoms with Gasteiger partial charge in [-0.15, -0.1) is 23.7 Å². The van der Waals surface area contributed by atoms with E-state index in [1.807, 2.05) is 23.6 Å². The van der Waals surface area contributed by atoms with Crippen molar-refractivity contribution < 1.29 is 19.0 Å². The molecule has 1 aliphatic heterocycles. The number of amides is 1. The summed E-state index contributed by atoms with van der Waals surface area (Å²) < 4.78 is 15.5. The van der Waals surface area contributed by atoms with Crippen molar-refractivity contribution in [2.45, 2.75) is 6.04 Å². The number of ether oxygens (including phenoxy) is 3. The summed E-state index contributed by atoms with van der Waals surface area (Å²) in [7, 11) is 1.49. The quantitative estimate of drug-likeness (QED) is 0.848. The molecule has 2 aromatic rings. The lowest BCUT2D eigenvalue weighted by Gasteiger charge is -2.08. The number of carbonyl (C=O) groups is 1. The number of nitrogens with one attached hydrogen (secondary N) is 1. The second kappa shape index (κ2) is 7.60. The summed E-state index contributed by atoms with van der Waals surface area (Å²) in [5.41, 5.74) is 7.30. The third-order valence-electron chi connectivity index (χ3n) is 3.09. The summed E-state index contributed by atoms with van der Waals surface area (Å²) in [6.45, 7) is 0.390. The molecule has 3 rings (SSSR count). The standard InChI is InChI=1S/C14H15N3O4S.ClH/c1-19-5-9(15)13(18)17-14-16-10(6-22-14)8-2-3-11-12(4-8)21-7-20-11;/h2-4,6,9H,5,7,15H2,1H3,(H,16,17,18);1H. The number of aromatic nitrogens is 1. The Bertz CT molecular complexity index is 694. The number of rotatable bonds is 5. The van der Waals surface area contributed by atoms with Crippen molar-refractivity contribution in [1.82, 2.24) is 4.98 Å². The van der Waals surface area contributed by atoms with E-state index in [0.29, 0.717) is 10.9 Å². The molecule has 1 aromatic carbocycles. The lowest BCUT2D eigenvalue weighted by Crippen LogP contribution is -2.39. The second-order valence-electron chi connectivity index (χ2n) is 4.66. The fraction of sp³-hybridized carbons (Fsp3) is 0.286. The highest BCUT2D eigenvalue weighted by Gasteiger charge is 2.17. The molecule has 0 spiro atoms. The normalized spacial score (nSPS) is 13.3. The maximum atomic E-state index is 11.8. The number of anilines is 1. The van der Waals surface area contributed by atoms with Crippen molar-refractivity contribution in [3.05, 3.63) is 23.6 Å². The fourth-order valence-electron chi connectivity index (χ4n) is 1.97. The first kappa shape index (κ1) is 17.5. The van der Waals surface area contributed by atoms with Crippen LogP contribution in [0.1, 0.15) is 0 Å². The van der Waals surface area contributed by atoms with Crippen molar-refractivity contribution in [3.63, 3.8) is 0 Å². The highest BCUT2D eigenvalue weighted by atomic mass is 35.5. The minimum absolute atomic E-state index is 0. The van der Waals surface area contributed by atoms with Crippen molar-refractivity contribution >= 4 is 34.8 Å². The first-order valence-corrected chi connectivity index (χ1v) is 7.46. The number of halogens is 1. The van der Waals surface area contributed by atoms with Gasteiger partial charge >= 0.3 is 0 Å². The van der Waals surface area contributed by atoms with Crippen LogP contribution >= 0.6 is 23.7 Å². The topological polar surface area (TPSA) is 95.7 Å². The molecule has 23 heavy (non-hydrogen) atoms. The number of nitrogens with zero attached hydrogens (tertiary/aromatic N) is 1. The van der Waals surface area contributed by atoms with Gasteiger partial charge in [-0.05, 0) is 18.2 Å². The first-order valence-electron chi connectivity index (χ1n) is 6.58. The van der Waals surface area contributed by atoms with Gasteiger partial charge in [0.25, 0.3) is 0 Å². The Morgan fingerprint density at radius 3 is 3.04 bits per heavy atom. The molecule has 0 bridgehead atoms. The SMILES string of the molecule is COCC(N)C(=O)Nc1nc(-c2ccc3c(c2)OCO3)cs1.Cl. The van der Waals surface area contributed by atoms with Gasteiger partial charge in [0.1, 0.15) is 6.04 Å². The molecule has 9 heteroatoms. The lowest BCUT2D eigenvalue weighted by molar-refractivity contribution is -0.118. The van der Waals surface area contributed by atoms with Gasteiger partial charge in [-0.3, -0.25) is 4.79 Å². The number of fused-ring (bicyclic) bond motifs is 1. The van der Waals surface area contributed by atoms with Gasteiger partial charge in [-0.25, -0.2) is 4.98 Å². The minimum Gasteiger partial charge on any atom is -0.454 e. The molecule has 0 aliphatic carbocycles. The van der Waals surface area contributed by atoms with Crippen LogP contribution in [0.25, 0.3) is 11.3 Å². The lowest BCUT2D eigenvalue weighted by atomic mass is 10.1. The van der Waals surface area contributed by atoms with Crippen LogP contribution in [-0.2, 0) is 9.53 Å². The van der Waals surface area contributed by atoms with Gasteiger partial charge in [0.2, 0.25) is 12.7 Å². The predicted octanol–water partition coefficient (Wildman–Crippen LogP) is 1.87. The predicted molar refractivity (Wildman–Crippen MR) is 89.4 cm³/mol. The molecule has 7 nitrogen and oxygen atoms in total. The van der Waals surface area contributed by atoms with Gasteiger partial charge in [0.15, 0.2) is 16.6 Å². The molecule has 3 N–H and O–H groups in total. The Morgan fingerprint density at radius 1 is 1.48 bits per heavy atom. The van der Waals surface area contributed by atoms with E-state index in [9.17, 15) is 4.79 Å². The van der Waals surface area contributed by atoms with E-state index < -0.39 is 6.04 Å². The molecule has 1 amide bonds. The van der Waals surface area contributed by atoms with Gasteiger partial charge in [-0.2, -0.15) is 0 Å². The number of carbonyl (C=O) groups excluding carboxylic acids is 1. The molecule has 0 fully saturated rings. The Balaban J connectivity index is 0.00000192. The molecule has 2 heterocycles. The zero-order valence-corrected chi connectivity index (χ0v) is 13.9. The van der Waals surface area contributed by atoms with Crippen LogP contribution in [0.15, 0.2) is 23.6 Å². The maximum Gasteiger partial charge on any atom is 0.245 e. The number of hydrogen-bond acceptors (Lipinski definition) is 7. The van der Waals surface area contributed by atoms with Gasteiger partial charge in [-0.1, -0.05) is 0 Å². The van der Waals surface area contributed by atoms with Crippen LogP contribution in [0.4, 0.5) is 5.13 Å². The second-order valence-corrected chi connectivity index (χ2v) is 5.52. The van der Waals surface area contributed by atoms with Gasteiger partial charge < -0.3 is 25.3 Å². The molecule has 1 aromatic heterocycles. The summed E-state index contributed by atoms with van der Waals surface area (Å²) in [5.74, 6) is 1.09. The third-order valence-corrected chi connectivity index (χ3v) is 3.84. The third kappa shape index (κ3) is 3.91. The molecule has 1 atom stereocenters. The van der Waals surface area contributed by atoms with E-state index in [-0.39, 0.29) is 31.7 Å². The van der Waals surface area contributed by atoms with E-state index >= 15 is 0 Å². The molecule has 124 valence electrons. The number of thiazole rings is 1. The highest BCUT2D eigenvalue weighted by Crippen LogP contribution is 2.36. The Morgan fingerprint density at radius 2 is 2.26 bits per heavy atom. The molecule has 1 unspecified atom stereocenters. The minimum atomic E-state index is -0.720. The first-order chi connectivity index (χ1) is 10.7. The summed E-state index contributed by atoms with van der Waals surface area (Å²) in [6.07, 6.45) is 0. The van der Waals surface area contributed by atoms with Crippen LogP contribution < -0.4 is 20.5 Å². The number of benzene rings is 1. The largest absolute Gasteiger partial charge is 0.454 e. The van der Waals surface area contributed by atoms with Gasteiger partial charge in [0.05, 0.1) is 12.3 Å². The average molecular weight is 358 g/mol. The maximum absolute atomic E-state index is 11.8. The zero-order chi connectivity index (χ0) is 15.5. The van der Waals surface area contributed by atoms with Crippen molar-refractivity contribution in [2.75, 3.05) is 25.8 Å². The fourth-order valence-corrected chi connectivity index (χ4v) is 2.70. The number of methoxy groups -OCH3 is 1.